The molecular weight excluding hydrogens is 342 g/mol. The van der Waals surface area contributed by atoms with Gasteiger partial charge in [-0.05, 0) is 55.0 Å². The van der Waals surface area contributed by atoms with Crippen molar-refractivity contribution in [1.29, 1.82) is 0 Å². The number of hydrogen-bond donors (Lipinski definition) is 0. The predicted molar refractivity (Wildman–Crippen MR) is 106 cm³/mol. The minimum absolute atomic E-state index is 0.752. The molecule has 1 aliphatic carbocycles. The second-order valence-electron chi connectivity index (χ2n) is 6.34. The Labute approximate surface area is 157 Å². The van der Waals surface area contributed by atoms with E-state index in [0.29, 0.717) is 0 Å². The monoisotopic (exact) mass is 363 g/mol. The lowest BCUT2D eigenvalue weighted by molar-refractivity contribution is 0.204. The van der Waals surface area contributed by atoms with Crippen molar-refractivity contribution in [2.24, 2.45) is 0 Å². The van der Waals surface area contributed by atoms with E-state index in [1.54, 1.807) is 24.6 Å². The highest BCUT2D eigenvalue weighted by Gasteiger charge is 2.17. The molecule has 0 aromatic carbocycles. The zero-order valence-electron chi connectivity index (χ0n) is 14.8. The average molecular weight is 363 g/mol. The van der Waals surface area contributed by atoms with Gasteiger partial charge in [0.1, 0.15) is 5.01 Å². The van der Waals surface area contributed by atoms with E-state index in [1.165, 1.54) is 17.6 Å². The van der Waals surface area contributed by atoms with Gasteiger partial charge >= 0.3 is 0 Å². The molecule has 3 aromatic heterocycles. The maximum atomic E-state index is 5.18. The maximum Gasteiger partial charge on any atom is 0.125 e. The first-order valence-electron chi connectivity index (χ1n) is 8.90. The van der Waals surface area contributed by atoms with E-state index >= 15 is 0 Å². The molecule has 3 heterocycles. The minimum Gasteiger partial charge on any atom is -0.384 e. The number of aryl methyl sites for hydroxylation is 1. The molecule has 3 aromatic rings. The van der Waals surface area contributed by atoms with Crippen molar-refractivity contribution in [3.05, 3.63) is 60.2 Å². The van der Waals surface area contributed by atoms with E-state index in [0.717, 1.165) is 52.7 Å². The molecule has 0 aliphatic heterocycles. The van der Waals surface area contributed by atoms with Crippen molar-refractivity contribution in [2.75, 3.05) is 13.7 Å². The molecule has 0 radical (unpaired) electrons. The summed E-state index contributed by atoms with van der Waals surface area (Å²) < 4.78 is 5.18. The first-order chi connectivity index (χ1) is 12.8. The second-order valence-corrected chi connectivity index (χ2v) is 7.37. The van der Waals surface area contributed by atoms with Crippen LogP contribution in [0.15, 0.2) is 48.9 Å². The Morgan fingerprint density at radius 1 is 1.19 bits per heavy atom. The van der Waals surface area contributed by atoms with E-state index < -0.39 is 0 Å². The molecule has 5 heteroatoms. The SMILES string of the molecule is COCC/C=C1\CCCc2ccc(-c3cnc(-c4cccnc4)s3)nc21. The molecule has 132 valence electrons. The van der Waals surface area contributed by atoms with Gasteiger partial charge < -0.3 is 4.74 Å². The third kappa shape index (κ3) is 3.59. The van der Waals surface area contributed by atoms with Gasteiger partial charge in [-0.15, -0.1) is 11.3 Å². The van der Waals surface area contributed by atoms with Crippen LogP contribution in [0.3, 0.4) is 0 Å². The molecule has 4 rings (SSSR count). The molecule has 0 fully saturated rings. The second kappa shape index (κ2) is 7.89. The Kier molecular flexibility index (Phi) is 5.18. The number of thiazole rings is 1. The van der Waals surface area contributed by atoms with Crippen LogP contribution in [0.4, 0.5) is 0 Å². The van der Waals surface area contributed by atoms with Crippen LogP contribution in [0.25, 0.3) is 26.7 Å². The average Bonchev–Trinajstić information content (AvgIpc) is 3.19. The lowest BCUT2D eigenvalue weighted by Gasteiger charge is -2.18. The molecular formula is C21H21N3OS. The minimum atomic E-state index is 0.752. The van der Waals surface area contributed by atoms with Crippen molar-refractivity contribution < 1.29 is 4.74 Å². The van der Waals surface area contributed by atoms with Gasteiger partial charge in [-0.2, -0.15) is 0 Å². The van der Waals surface area contributed by atoms with Gasteiger partial charge in [0.15, 0.2) is 0 Å². The topological polar surface area (TPSA) is 47.9 Å². The summed E-state index contributed by atoms with van der Waals surface area (Å²) in [7, 11) is 1.74. The maximum absolute atomic E-state index is 5.18. The van der Waals surface area contributed by atoms with Crippen LogP contribution in [0.2, 0.25) is 0 Å². The number of methoxy groups -OCH3 is 1. The summed E-state index contributed by atoms with van der Waals surface area (Å²) in [6, 6.07) is 8.32. The summed E-state index contributed by atoms with van der Waals surface area (Å²) in [6.07, 6.45) is 12.1. The summed E-state index contributed by atoms with van der Waals surface area (Å²) in [5.41, 5.74) is 5.89. The largest absolute Gasteiger partial charge is 0.384 e. The van der Waals surface area contributed by atoms with Crippen LogP contribution in [0.5, 0.6) is 0 Å². The number of rotatable bonds is 5. The molecule has 0 saturated heterocycles. The lowest BCUT2D eigenvalue weighted by atomic mass is 9.90. The highest BCUT2D eigenvalue weighted by atomic mass is 32.1. The summed E-state index contributed by atoms with van der Waals surface area (Å²) in [5, 5.41) is 0.975. The molecule has 26 heavy (non-hydrogen) atoms. The molecule has 0 atom stereocenters. The van der Waals surface area contributed by atoms with Crippen molar-refractivity contribution in [3.63, 3.8) is 0 Å². The highest BCUT2D eigenvalue weighted by molar-refractivity contribution is 7.18. The molecule has 1 aliphatic rings. The Hall–Kier alpha value is -2.37. The number of ether oxygens (including phenoxy) is 1. The van der Waals surface area contributed by atoms with Gasteiger partial charge in [-0.1, -0.05) is 12.1 Å². The van der Waals surface area contributed by atoms with Gasteiger partial charge in [-0.3, -0.25) is 4.98 Å². The van der Waals surface area contributed by atoms with E-state index in [1.807, 2.05) is 24.5 Å². The van der Waals surface area contributed by atoms with Crippen LogP contribution in [-0.4, -0.2) is 28.7 Å². The Morgan fingerprint density at radius 2 is 2.15 bits per heavy atom. The van der Waals surface area contributed by atoms with Crippen LogP contribution < -0.4 is 0 Å². The first kappa shape index (κ1) is 17.1. The fourth-order valence-corrected chi connectivity index (χ4v) is 4.13. The number of fused-ring (bicyclic) bond motifs is 1. The molecule has 0 unspecified atom stereocenters. The number of hydrogen-bond acceptors (Lipinski definition) is 5. The van der Waals surface area contributed by atoms with Gasteiger partial charge in [0, 0.05) is 37.9 Å². The van der Waals surface area contributed by atoms with Crippen LogP contribution >= 0.6 is 11.3 Å². The summed E-state index contributed by atoms with van der Waals surface area (Å²) in [5.74, 6) is 0. The standard InChI is InChI=1S/C21H21N3OS/c1-25-12-4-8-15-5-2-6-16-9-10-18(24-20(15)16)19-14-23-21(26-19)17-7-3-11-22-13-17/h3,7-11,13-14H,2,4-6,12H2,1H3/b15-8+. The van der Waals surface area contributed by atoms with E-state index in [4.69, 9.17) is 9.72 Å². The summed E-state index contributed by atoms with van der Waals surface area (Å²) in [6.45, 7) is 0.752. The van der Waals surface area contributed by atoms with E-state index in [-0.39, 0.29) is 0 Å². The Balaban J connectivity index is 1.66. The Morgan fingerprint density at radius 3 is 3.00 bits per heavy atom. The van der Waals surface area contributed by atoms with Gasteiger partial charge in [0.05, 0.1) is 16.3 Å². The number of nitrogens with zero attached hydrogens (tertiary/aromatic N) is 3. The van der Waals surface area contributed by atoms with Gasteiger partial charge in [-0.25, -0.2) is 9.97 Å². The smallest absolute Gasteiger partial charge is 0.125 e. The molecule has 0 saturated carbocycles. The van der Waals surface area contributed by atoms with Gasteiger partial charge in [0.2, 0.25) is 0 Å². The van der Waals surface area contributed by atoms with Crippen molar-refractivity contribution in [3.8, 4) is 21.1 Å². The zero-order valence-corrected chi connectivity index (χ0v) is 15.6. The zero-order chi connectivity index (χ0) is 17.8. The summed E-state index contributed by atoms with van der Waals surface area (Å²) >= 11 is 1.66. The van der Waals surface area contributed by atoms with E-state index in [2.05, 4.69) is 28.2 Å². The van der Waals surface area contributed by atoms with Gasteiger partial charge in [0.25, 0.3) is 0 Å². The number of aromatic nitrogens is 3. The normalized spacial score (nSPS) is 15.2. The Bertz CT molecular complexity index is 918. The third-order valence-electron chi connectivity index (χ3n) is 4.55. The third-order valence-corrected chi connectivity index (χ3v) is 5.62. The van der Waals surface area contributed by atoms with Crippen molar-refractivity contribution in [2.45, 2.75) is 25.7 Å². The van der Waals surface area contributed by atoms with Crippen LogP contribution in [0, 0.1) is 0 Å². The molecule has 0 spiro atoms. The lowest BCUT2D eigenvalue weighted by Crippen LogP contribution is -2.05. The predicted octanol–water partition coefficient (Wildman–Crippen LogP) is 5.02. The number of pyridine rings is 2. The first-order valence-corrected chi connectivity index (χ1v) is 9.71. The van der Waals surface area contributed by atoms with E-state index in [9.17, 15) is 0 Å². The molecule has 4 nitrogen and oxygen atoms in total. The van der Waals surface area contributed by atoms with Crippen molar-refractivity contribution in [1.82, 2.24) is 15.0 Å². The molecule has 0 amide bonds. The fraction of sp³-hybridized carbons (Fsp3) is 0.286. The summed E-state index contributed by atoms with van der Waals surface area (Å²) in [4.78, 5) is 14.8. The highest BCUT2D eigenvalue weighted by Crippen LogP contribution is 2.35. The van der Waals surface area contributed by atoms with Crippen LogP contribution in [0.1, 0.15) is 30.5 Å². The molecule has 0 N–H and O–H groups in total. The fourth-order valence-electron chi connectivity index (χ4n) is 3.26. The molecule has 0 bridgehead atoms. The quantitative estimate of drug-likeness (QED) is 0.597. The number of allylic oxidation sites excluding steroid dienone is 1. The van der Waals surface area contributed by atoms with Crippen LogP contribution in [-0.2, 0) is 11.2 Å². The van der Waals surface area contributed by atoms with Crippen molar-refractivity contribution >= 4 is 16.9 Å².